The van der Waals surface area contributed by atoms with Crippen LogP contribution in [0.4, 0.5) is 0 Å². The fraction of sp³-hybridized carbons (Fsp3) is 0.220. The fourth-order valence-electron chi connectivity index (χ4n) is 8.01. The van der Waals surface area contributed by atoms with E-state index in [1.165, 1.54) is 71.3 Å². The summed E-state index contributed by atoms with van der Waals surface area (Å²) in [4.78, 5) is 0. The third kappa shape index (κ3) is 3.04. The quantitative estimate of drug-likeness (QED) is 0.191. The predicted octanol–water partition coefficient (Wildman–Crippen LogP) is 11.4. The lowest BCUT2D eigenvalue weighted by molar-refractivity contribution is 0.125. The van der Waals surface area contributed by atoms with Crippen molar-refractivity contribution in [1.29, 1.82) is 0 Å². The first-order valence-electron chi connectivity index (χ1n) is 15.2. The van der Waals surface area contributed by atoms with E-state index in [4.69, 9.17) is 0 Å². The Labute approximate surface area is 248 Å². The molecule has 1 nitrogen and oxygen atoms in total. The number of hydrogen-bond acceptors (Lipinski definition) is 0. The topological polar surface area (TPSA) is 4.93 Å². The standard InChI is InChI=1S/C41H37N/c1-39(2)33-24-32-27-18-14-15-23-35(27)42(36(32)25-34(33)40(3,4)41(39,5)6)38-30-21-12-10-19-28(30)37(26-16-8-7-9-17-26)29-20-11-13-22-31(29)38/h7-25H,1-6H3. The van der Waals surface area contributed by atoms with Crippen molar-refractivity contribution in [3.8, 4) is 16.8 Å². The van der Waals surface area contributed by atoms with E-state index >= 15 is 0 Å². The van der Waals surface area contributed by atoms with Crippen LogP contribution in [0.5, 0.6) is 0 Å². The van der Waals surface area contributed by atoms with E-state index in [1.807, 2.05) is 0 Å². The zero-order valence-electron chi connectivity index (χ0n) is 25.4. The Morgan fingerprint density at radius 1 is 0.429 bits per heavy atom. The number of fused-ring (bicyclic) bond motifs is 6. The molecule has 0 atom stereocenters. The predicted molar refractivity (Wildman–Crippen MR) is 181 cm³/mol. The minimum absolute atomic E-state index is 0.0304. The van der Waals surface area contributed by atoms with Crippen molar-refractivity contribution in [3.05, 3.63) is 126 Å². The van der Waals surface area contributed by atoms with Gasteiger partial charge in [0, 0.05) is 21.5 Å². The maximum Gasteiger partial charge on any atom is 0.0619 e. The maximum atomic E-state index is 2.57. The highest BCUT2D eigenvalue weighted by molar-refractivity contribution is 6.20. The van der Waals surface area contributed by atoms with E-state index in [2.05, 4.69) is 161 Å². The van der Waals surface area contributed by atoms with Gasteiger partial charge in [-0.25, -0.2) is 0 Å². The first kappa shape index (κ1) is 25.4. The summed E-state index contributed by atoms with van der Waals surface area (Å²) in [5.74, 6) is 0. The van der Waals surface area contributed by atoms with Crippen LogP contribution in [0.25, 0.3) is 60.2 Å². The minimum Gasteiger partial charge on any atom is -0.308 e. The van der Waals surface area contributed by atoms with Gasteiger partial charge in [-0.2, -0.15) is 0 Å². The van der Waals surface area contributed by atoms with Crippen molar-refractivity contribution in [3.63, 3.8) is 0 Å². The van der Waals surface area contributed by atoms with Crippen LogP contribution in [0.15, 0.2) is 115 Å². The lowest BCUT2D eigenvalue weighted by Gasteiger charge is -2.44. The molecule has 0 aliphatic heterocycles. The Hall–Kier alpha value is -4.36. The van der Waals surface area contributed by atoms with Gasteiger partial charge < -0.3 is 4.57 Å². The van der Waals surface area contributed by atoms with Gasteiger partial charge in [-0.05, 0) is 67.5 Å². The summed E-state index contributed by atoms with van der Waals surface area (Å²) in [6.07, 6.45) is 0. The summed E-state index contributed by atoms with van der Waals surface area (Å²) in [5.41, 5.74) is 9.53. The molecule has 0 fully saturated rings. The molecular formula is C41H37N. The van der Waals surface area contributed by atoms with Gasteiger partial charge in [0.2, 0.25) is 0 Å². The molecule has 0 spiro atoms. The molecule has 0 amide bonds. The Bertz CT molecular complexity index is 2150. The molecule has 1 heteroatoms. The van der Waals surface area contributed by atoms with E-state index in [0.717, 1.165) is 0 Å². The van der Waals surface area contributed by atoms with Crippen LogP contribution in [-0.4, -0.2) is 4.57 Å². The lowest BCUT2D eigenvalue weighted by Crippen LogP contribution is -2.42. The average Bonchev–Trinajstić information content (AvgIpc) is 3.36. The monoisotopic (exact) mass is 543 g/mol. The summed E-state index contributed by atoms with van der Waals surface area (Å²) >= 11 is 0. The molecule has 42 heavy (non-hydrogen) atoms. The molecule has 1 aliphatic carbocycles. The fourth-order valence-corrected chi connectivity index (χ4v) is 8.01. The van der Waals surface area contributed by atoms with Crippen molar-refractivity contribution in [2.75, 3.05) is 0 Å². The Morgan fingerprint density at radius 3 is 1.50 bits per heavy atom. The maximum absolute atomic E-state index is 2.57. The lowest BCUT2D eigenvalue weighted by atomic mass is 9.59. The molecule has 0 N–H and O–H groups in total. The smallest absolute Gasteiger partial charge is 0.0619 e. The van der Waals surface area contributed by atoms with Gasteiger partial charge in [0.1, 0.15) is 0 Å². The van der Waals surface area contributed by atoms with Crippen LogP contribution in [0.1, 0.15) is 52.7 Å². The summed E-state index contributed by atoms with van der Waals surface area (Å²) in [6.45, 7) is 14.7. The number of hydrogen-bond donors (Lipinski definition) is 0. The average molecular weight is 544 g/mol. The zero-order valence-corrected chi connectivity index (χ0v) is 25.4. The van der Waals surface area contributed by atoms with Crippen molar-refractivity contribution < 1.29 is 0 Å². The van der Waals surface area contributed by atoms with E-state index in [0.29, 0.717) is 0 Å². The van der Waals surface area contributed by atoms with Crippen LogP contribution in [0, 0.1) is 5.41 Å². The van der Waals surface area contributed by atoms with Crippen LogP contribution >= 0.6 is 0 Å². The highest BCUT2D eigenvalue weighted by Gasteiger charge is 2.57. The molecule has 206 valence electrons. The molecule has 0 saturated heterocycles. The van der Waals surface area contributed by atoms with Crippen molar-refractivity contribution in [1.82, 2.24) is 4.57 Å². The van der Waals surface area contributed by atoms with Crippen LogP contribution < -0.4 is 0 Å². The van der Waals surface area contributed by atoms with Crippen molar-refractivity contribution in [2.24, 2.45) is 5.41 Å². The third-order valence-electron chi connectivity index (χ3n) is 11.5. The molecule has 0 saturated carbocycles. The third-order valence-corrected chi connectivity index (χ3v) is 11.5. The number of para-hydroxylation sites is 1. The first-order chi connectivity index (χ1) is 20.1. The number of nitrogens with zero attached hydrogens (tertiary/aromatic N) is 1. The Kier molecular flexibility index (Phi) is 5.04. The second kappa shape index (κ2) is 8.35. The zero-order chi connectivity index (χ0) is 29.0. The summed E-state index contributed by atoms with van der Waals surface area (Å²) < 4.78 is 2.57. The molecule has 0 radical (unpaired) electrons. The second-order valence-corrected chi connectivity index (χ2v) is 13.8. The Morgan fingerprint density at radius 2 is 0.905 bits per heavy atom. The van der Waals surface area contributed by atoms with Gasteiger partial charge in [-0.1, -0.05) is 139 Å². The van der Waals surface area contributed by atoms with Crippen molar-refractivity contribution in [2.45, 2.75) is 52.4 Å². The first-order valence-corrected chi connectivity index (χ1v) is 15.2. The molecule has 1 aliphatic rings. The summed E-state index contributed by atoms with van der Waals surface area (Å²) in [5, 5.41) is 7.77. The molecule has 1 heterocycles. The van der Waals surface area contributed by atoms with Crippen LogP contribution in [0.2, 0.25) is 0 Å². The summed E-state index contributed by atoms with van der Waals surface area (Å²) in [7, 11) is 0. The highest BCUT2D eigenvalue weighted by Crippen LogP contribution is 2.62. The summed E-state index contributed by atoms with van der Waals surface area (Å²) in [6, 6.07) is 42.9. The van der Waals surface area contributed by atoms with E-state index in [-0.39, 0.29) is 16.2 Å². The van der Waals surface area contributed by atoms with Gasteiger partial charge in [0.05, 0.1) is 16.7 Å². The minimum atomic E-state index is 0.0304. The van der Waals surface area contributed by atoms with Crippen molar-refractivity contribution >= 4 is 43.4 Å². The van der Waals surface area contributed by atoms with Crippen LogP contribution in [0.3, 0.4) is 0 Å². The molecule has 7 aromatic rings. The molecule has 1 aromatic heterocycles. The van der Waals surface area contributed by atoms with Gasteiger partial charge in [0.25, 0.3) is 0 Å². The van der Waals surface area contributed by atoms with Gasteiger partial charge in [0.15, 0.2) is 0 Å². The normalized spacial score (nSPS) is 16.9. The number of rotatable bonds is 2. The second-order valence-electron chi connectivity index (χ2n) is 13.8. The van der Waals surface area contributed by atoms with Gasteiger partial charge in [-0.3, -0.25) is 0 Å². The highest BCUT2D eigenvalue weighted by atomic mass is 15.0. The van der Waals surface area contributed by atoms with E-state index in [1.54, 1.807) is 0 Å². The number of benzene rings is 6. The number of aromatic nitrogens is 1. The molecule has 8 rings (SSSR count). The molecule has 6 aromatic carbocycles. The van der Waals surface area contributed by atoms with E-state index < -0.39 is 0 Å². The van der Waals surface area contributed by atoms with Gasteiger partial charge >= 0.3 is 0 Å². The SMILES string of the molecule is CC1(C)c2cc3c4ccccc4n(-c4c5ccccc5c(-c5ccccc5)c5ccccc45)c3cc2C(C)(C)C1(C)C. The largest absolute Gasteiger partial charge is 0.308 e. The molecule has 0 unspecified atom stereocenters. The van der Waals surface area contributed by atoms with Gasteiger partial charge in [-0.15, -0.1) is 0 Å². The Balaban J connectivity index is 1.59. The van der Waals surface area contributed by atoms with Crippen LogP contribution in [-0.2, 0) is 10.8 Å². The molecular weight excluding hydrogens is 506 g/mol. The molecule has 0 bridgehead atoms. The van der Waals surface area contributed by atoms with E-state index in [9.17, 15) is 0 Å².